The van der Waals surface area contributed by atoms with Gasteiger partial charge in [-0.25, -0.2) is 4.79 Å². The molecule has 0 rings (SSSR count). The molecule has 0 fully saturated rings. The van der Waals surface area contributed by atoms with Crippen molar-refractivity contribution in [1.29, 1.82) is 0 Å². The van der Waals surface area contributed by atoms with Gasteiger partial charge in [-0.2, -0.15) is 0 Å². The predicted octanol–water partition coefficient (Wildman–Crippen LogP) is 8.21. The number of esters is 2. The van der Waals surface area contributed by atoms with Gasteiger partial charge in [0, 0.05) is 12.8 Å². The lowest BCUT2D eigenvalue weighted by Gasteiger charge is -2.25. The Balaban J connectivity index is 4.57. The summed E-state index contributed by atoms with van der Waals surface area (Å²) in [5.41, 5.74) is 0. The standard InChI is InChI=1S/C36H69NO8/c1-6-8-10-12-14-16-17-19-21-23-25-27-34(39)45-32(31-44-36(35(40)41)42-29-28-37(3,4)5)30-43-33(38)26-24-22-20-18-15-13-11-9-7-2/h32,36H,6-31H2,1-5H3/p+1. The monoisotopic (exact) mass is 645 g/mol. The summed E-state index contributed by atoms with van der Waals surface area (Å²) >= 11 is 0. The molecule has 9 heteroatoms. The summed E-state index contributed by atoms with van der Waals surface area (Å²) in [4.78, 5) is 36.7. The van der Waals surface area contributed by atoms with Crippen LogP contribution in [0.3, 0.4) is 0 Å². The summed E-state index contributed by atoms with van der Waals surface area (Å²) in [6, 6.07) is 0. The van der Waals surface area contributed by atoms with E-state index in [1.165, 1.54) is 89.9 Å². The molecule has 0 aromatic rings. The molecule has 9 nitrogen and oxygen atoms in total. The van der Waals surface area contributed by atoms with E-state index in [0.29, 0.717) is 17.4 Å². The third-order valence-electron chi connectivity index (χ3n) is 7.86. The molecule has 0 bridgehead atoms. The van der Waals surface area contributed by atoms with E-state index in [2.05, 4.69) is 13.8 Å². The third kappa shape index (κ3) is 30.7. The summed E-state index contributed by atoms with van der Waals surface area (Å²) in [5.74, 6) is -2.00. The average molecular weight is 645 g/mol. The van der Waals surface area contributed by atoms with Crippen LogP contribution < -0.4 is 0 Å². The molecule has 0 aliphatic carbocycles. The van der Waals surface area contributed by atoms with Crippen molar-refractivity contribution in [3.63, 3.8) is 0 Å². The van der Waals surface area contributed by atoms with Gasteiger partial charge in [0.25, 0.3) is 6.29 Å². The largest absolute Gasteiger partial charge is 0.477 e. The number of carbonyl (C=O) groups excluding carboxylic acids is 2. The lowest BCUT2D eigenvalue weighted by atomic mass is 10.1. The second kappa shape index (κ2) is 29.7. The van der Waals surface area contributed by atoms with Gasteiger partial charge in [0.2, 0.25) is 0 Å². The van der Waals surface area contributed by atoms with Crippen LogP contribution in [0.5, 0.6) is 0 Å². The van der Waals surface area contributed by atoms with Crippen LogP contribution in [0.15, 0.2) is 0 Å². The number of quaternary nitrogens is 1. The summed E-state index contributed by atoms with van der Waals surface area (Å²) < 4.78 is 22.5. The zero-order chi connectivity index (χ0) is 33.6. The number of likely N-dealkylation sites (N-methyl/N-ethyl adjacent to an activating group) is 1. The molecule has 266 valence electrons. The molecular weight excluding hydrogens is 574 g/mol. The average Bonchev–Trinajstić information content (AvgIpc) is 2.98. The summed E-state index contributed by atoms with van der Waals surface area (Å²) in [5, 5.41) is 9.55. The first-order valence-corrected chi connectivity index (χ1v) is 18.2. The maximum atomic E-state index is 12.6. The van der Waals surface area contributed by atoms with Crippen molar-refractivity contribution in [2.24, 2.45) is 0 Å². The van der Waals surface area contributed by atoms with Crippen LogP contribution >= 0.6 is 0 Å². The molecule has 0 aromatic carbocycles. The van der Waals surface area contributed by atoms with Gasteiger partial charge in [0.15, 0.2) is 6.10 Å². The van der Waals surface area contributed by atoms with Crippen LogP contribution in [-0.2, 0) is 33.3 Å². The maximum Gasteiger partial charge on any atom is 0.361 e. The van der Waals surface area contributed by atoms with Crippen LogP contribution in [0.4, 0.5) is 0 Å². The van der Waals surface area contributed by atoms with Crippen molar-refractivity contribution in [3.05, 3.63) is 0 Å². The second-order valence-electron chi connectivity index (χ2n) is 13.5. The molecule has 0 aliphatic heterocycles. The van der Waals surface area contributed by atoms with Crippen molar-refractivity contribution in [1.82, 2.24) is 0 Å². The van der Waals surface area contributed by atoms with Gasteiger partial charge in [-0.1, -0.05) is 129 Å². The SMILES string of the molecule is CCCCCCCCCCCCCC(=O)OC(COC(=O)CCCCCCCCCCC)COC(OCC[N+](C)(C)C)C(=O)O. The highest BCUT2D eigenvalue weighted by molar-refractivity contribution is 5.71. The first kappa shape index (κ1) is 43.3. The summed E-state index contributed by atoms with van der Waals surface area (Å²) in [7, 11) is 5.94. The van der Waals surface area contributed by atoms with Gasteiger partial charge >= 0.3 is 17.9 Å². The molecule has 2 unspecified atom stereocenters. The Kier molecular flexibility index (Phi) is 28.5. The molecule has 0 saturated heterocycles. The Labute approximate surface area is 275 Å². The van der Waals surface area contributed by atoms with Crippen LogP contribution in [-0.4, -0.2) is 87.4 Å². The fraction of sp³-hybridized carbons (Fsp3) is 0.917. The van der Waals surface area contributed by atoms with E-state index < -0.39 is 24.3 Å². The quantitative estimate of drug-likeness (QED) is 0.0330. The number of carbonyl (C=O) groups is 3. The Morgan fingerprint density at radius 3 is 1.42 bits per heavy atom. The number of nitrogens with zero attached hydrogens (tertiary/aromatic N) is 1. The number of hydrogen-bond acceptors (Lipinski definition) is 7. The van der Waals surface area contributed by atoms with E-state index in [1.54, 1.807) is 0 Å². The van der Waals surface area contributed by atoms with E-state index in [1.807, 2.05) is 21.1 Å². The highest BCUT2D eigenvalue weighted by Gasteiger charge is 2.25. The molecule has 0 aliphatic rings. The Hall–Kier alpha value is -1.71. The minimum absolute atomic E-state index is 0.175. The Bertz CT molecular complexity index is 724. The van der Waals surface area contributed by atoms with E-state index in [0.717, 1.165) is 38.5 Å². The van der Waals surface area contributed by atoms with Gasteiger partial charge in [-0.3, -0.25) is 9.59 Å². The highest BCUT2D eigenvalue weighted by atomic mass is 16.7. The zero-order valence-corrected chi connectivity index (χ0v) is 29.8. The van der Waals surface area contributed by atoms with E-state index in [-0.39, 0.29) is 32.2 Å². The number of hydrogen-bond donors (Lipinski definition) is 1. The Morgan fingerprint density at radius 2 is 1.00 bits per heavy atom. The molecule has 1 N–H and O–H groups in total. The van der Waals surface area contributed by atoms with Gasteiger partial charge in [0.1, 0.15) is 13.2 Å². The molecular formula is C36H70NO8+. The van der Waals surface area contributed by atoms with Crippen LogP contribution in [0.25, 0.3) is 0 Å². The van der Waals surface area contributed by atoms with E-state index >= 15 is 0 Å². The lowest BCUT2D eigenvalue weighted by molar-refractivity contribution is -0.870. The van der Waals surface area contributed by atoms with Crippen LogP contribution in [0.2, 0.25) is 0 Å². The molecule has 0 aromatic heterocycles. The van der Waals surface area contributed by atoms with Crippen molar-refractivity contribution in [3.8, 4) is 0 Å². The zero-order valence-electron chi connectivity index (χ0n) is 29.8. The van der Waals surface area contributed by atoms with Gasteiger partial charge in [0.05, 0.1) is 34.4 Å². The molecule has 45 heavy (non-hydrogen) atoms. The minimum atomic E-state index is -1.50. The van der Waals surface area contributed by atoms with Gasteiger partial charge in [-0.15, -0.1) is 0 Å². The molecule has 0 amide bonds. The summed E-state index contributed by atoms with van der Waals surface area (Å²) in [6.07, 6.45) is 21.6. The topological polar surface area (TPSA) is 108 Å². The summed E-state index contributed by atoms with van der Waals surface area (Å²) in [6.45, 7) is 4.83. The van der Waals surface area contributed by atoms with Crippen molar-refractivity contribution in [2.75, 3.05) is 47.5 Å². The normalized spacial score (nSPS) is 13.0. The molecule has 0 saturated carbocycles. The molecule has 0 heterocycles. The fourth-order valence-electron chi connectivity index (χ4n) is 4.95. The van der Waals surface area contributed by atoms with Crippen LogP contribution in [0.1, 0.15) is 155 Å². The second-order valence-corrected chi connectivity index (χ2v) is 13.5. The molecule has 0 radical (unpaired) electrons. The lowest BCUT2D eigenvalue weighted by Crippen LogP contribution is -2.40. The number of ether oxygens (including phenoxy) is 4. The van der Waals surface area contributed by atoms with E-state index in [4.69, 9.17) is 18.9 Å². The maximum absolute atomic E-state index is 12.6. The number of aliphatic carboxylic acids is 1. The van der Waals surface area contributed by atoms with Gasteiger partial charge in [-0.05, 0) is 12.8 Å². The number of carboxylic acids is 1. The number of unbranched alkanes of at least 4 members (excludes halogenated alkanes) is 18. The van der Waals surface area contributed by atoms with E-state index in [9.17, 15) is 19.5 Å². The first-order chi connectivity index (χ1) is 21.6. The predicted molar refractivity (Wildman–Crippen MR) is 180 cm³/mol. The minimum Gasteiger partial charge on any atom is -0.477 e. The Morgan fingerprint density at radius 1 is 0.578 bits per heavy atom. The fourth-order valence-corrected chi connectivity index (χ4v) is 4.95. The van der Waals surface area contributed by atoms with Crippen molar-refractivity contribution < 1.29 is 42.9 Å². The van der Waals surface area contributed by atoms with Crippen molar-refractivity contribution >= 4 is 17.9 Å². The van der Waals surface area contributed by atoms with Crippen LogP contribution in [0, 0.1) is 0 Å². The van der Waals surface area contributed by atoms with Gasteiger partial charge < -0.3 is 28.5 Å². The number of carboxylic acid groups (broad SMARTS) is 1. The van der Waals surface area contributed by atoms with Crippen molar-refractivity contribution in [2.45, 2.75) is 167 Å². The molecule has 0 spiro atoms. The number of rotatable bonds is 33. The highest BCUT2D eigenvalue weighted by Crippen LogP contribution is 2.14. The first-order valence-electron chi connectivity index (χ1n) is 18.2. The molecule has 2 atom stereocenters. The smallest absolute Gasteiger partial charge is 0.361 e. The third-order valence-corrected chi connectivity index (χ3v) is 7.86.